The summed E-state index contributed by atoms with van der Waals surface area (Å²) in [7, 11) is 0. The smallest absolute Gasteiger partial charge is 0.221 e. The molecule has 2 fully saturated rings. The maximum Gasteiger partial charge on any atom is 0.221 e. The van der Waals surface area contributed by atoms with Crippen LogP contribution in [0.5, 0.6) is 0 Å². The standard InChI is InChI=1S/C16H30N2O/c1-15(2,3)18-14(19)8-12-17-13-7-11-16(13)9-5-4-6-10-16/h13,17H,4-12H2,1-3H3,(H,18,19). The Morgan fingerprint density at radius 3 is 2.37 bits per heavy atom. The largest absolute Gasteiger partial charge is 0.351 e. The molecule has 2 saturated carbocycles. The zero-order valence-corrected chi connectivity index (χ0v) is 12.8. The van der Waals surface area contributed by atoms with E-state index in [1.807, 2.05) is 20.8 Å². The molecule has 0 aromatic carbocycles. The molecule has 0 aliphatic heterocycles. The molecule has 0 aromatic rings. The first-order valence-electron chi connectivity index (χ1n) is 7.96. The minimum Gasteiger partial charge on any atom is -0.351 e. The van der Waals surface area contributed by atoms with Crippen LogP contribution >= 0.6 is 0 Å². The fraction of sp³-hybridized carbons (Fsp3) is 0.938. The Kier molecular flexibility index (Phi) is 4.54. The van der Waals surface area contributed by atoms with Crippen molar-refractivity contribution in [1.82, 2.24) is 10.6 Å². The summed E-state index contributed by atoms with van der Waals surface area (Å²) in [5.74, 6) is 0.164. The van der Waals surface area contributed by atoms with Gasteiger partial charge in [0, 0.05) is 24.5 Å². The molecular formula is C16H30N2O. The number of hydrogen-bond donors (Lipinski definition) is 2. The Bertz CT molecular complexity index is 313. The average Bonchev–Trinajstić information content (AvgIpc) is 2.32. The van der Waals surface area contributed by atoms with Crippen molar-refractivity contribution >= 4 is 5.91 Å². The van der Waals surface area contributed by atoms with Gasteiger partial charge in [-0.2, -0.15) is 0 Å². The van der Waals surface area contributed by atoms with Gasteiger partial charge in [-0.1, -0.05) is 19.3 Å². The van der Waals surface area contributed by atoms with Crippen LogP contribution in [0.25, 0.3) is 0 Å². The van der Waals surface area contributed by atoms with Gasteiger partial charge < -0.3 is 10.6 Å². The molecule has 19 heavy (non-hydrogen) atoms. The molecule has 0 bridgehead atoms. The third kappa shape index (κ3) is 3.95. The molecule has 1 unspecified atom stereocenters. The molecule has 2 aliphatic rings. The van der Waals surface area contributed by atoms with Gasteiger partial charge in [-0.25, -0.2) is 0 Å². The molecule has 1 amide bonds. The Morgan fingerprint density at radius 1 is 1.16 bits per heavy atom. The molecule has 0 heterocycles. The number of carbonyl (C=O) groups is 1. The lowest BCUT2D eigenvalue weighted by molar-refractivity contribution is -0.122. The maximum atomic E-state index is 11.8. The van der Waals surface area contributed by atoms with Crippen LogP contribution in [0.15, 0.2) is 0 Å². The highest BCUT2D eigenvalue weighted by Gasteiger charge is 2.46. The van der Waals surface area contributed by atoms with E-state index in [1.165, 1.54) is 44.9 Å². The van der Waals surface area contributed by atoms with Gasteiger partial charge in [-0.15, -0.1) is 0 Å². The van der Waals surface area contributed by atoms with Crippen LogP contribution in [0.1, 0.15) is 72.1 Å². The molecule has 110 valence electrons. The fourth-order valence-electron chi connectivity index (χ4n) is 3.71. The van der Waals surface area contributed by atoms with Crippen LogP contribution in [0.4, 0.5) is 0 Å². The van der Waals surface area contributed by atoms with Gasteiger partial charge in [0.15, 0.2) is 0 Å². The summed E-state index contributed by atoms with van der Waals surface area (Å²) in [6, 6.07) is 0.676. The predicted octanol–water partition coefficient (Wildman–Crippen LogP) is 2.99. The normalized spacial score (nSPS) is 25.9. The quantitative estimate of drug-likeness (QED) is 0.821. The Balaban J connectivity index is 1.67. The van der Waals surface area contributed by atoms with E-state index in [0.29, 0.717) is 17.9 Å². The van der Waals surface area contributed by atoms with E-state index < -0.39 is 0 Å². The summed E-state index contributed by atoms with van der Waals surface area (Å²) in [6.07, 6.45) is 10.3. The second kappa shape index (κ2) is 5.82. The van der Waals surface area contributed by atoms with Gasteiger partial charge in [0.2, 0.25) is 5.91 Å². The van der Waals surface area contributed by atoms with Crippen LogP contribution in [0.2, 0.25) is 0 Å². The van der Waals surface area contributed by atoms with Crippen LogP contribution in [-0.2, 0) is 4.79 Å². The summed E-state index contributed by atoms with van der Waals surface area (Å²) >= 11 is 0. The average molecular weight is 266 g/mol. The summed E-state index contributed by atoms with van der Waals surface area (Å²) in [5, 5.41) is 6.66. The predicted molar refractivity (Wildman–Crippen MR) is 79.1 cm³/mol. The first-order valence-corrected chi connectivity index (χ1v) is 7.96. The first-order chi connectivity index (χ1) is 8.91. The Morgan fingerprint density at radius 2 is 1.84 bits per heavy atom. The zero-order valence-electron chi connectivity index (χ0n) is 12.8. The van der Waals surface area contributed by atoms with Crippen LogP contribution in [0.3, 0.4) is 0 Å². The van der Waals surface area contributed by atoms with E-state index in [9.17, 15) is 4.79 Å². The SMILES string of the molecule is CC(C)(C)NC(=O)CCNC1CCC12CCCCC2. The molecule has 2 rings (SSSR count). The molecule has 2 aliphatic carbocycles. The number of amides is 1. The van der Waals surface area contributed by atoms with Gasteiger partial charge in [-0.05, 0) is 51.9 Å². The van der Waals surface area contributed by atoms with Crippen molar-refractivity contribution in [2.75, 3.05) is 6.54 Å². The molecule has 1 spiro atoms. The van der Waals surface area contributed by atoms with Gasteiger partial charge in [-0.3, -0.25) is 4.79 Å². The molecule has 3 nitrogen and oxygen atoms in total. The summed E-state index contributed by atoms with van der Waals surface area (Å²) in [6.45, 7) is 6.91. The highest BCUT2D eigenvalue weighted by molar-refractivity contribution is 5.76. The number of rotatable bonds is 4. The van der Waals surface area contributed by atoms with Crippen molar-refractivity contribution in [3.8, 4) is 0 Å². The van der Waals surface area contributed by atoms with Gasteiger partial charge >= 0.3 is 0 Å². The summed E-state index contributed by atoms with van der Waals surface area (Å²) < 4.78 is 0. The maximum absolute atomic E-state index is 11.8. The van der Waals surface area contributed by atoms with E-state index in [-0.39, 0.29) is 11.4 Å². The van der Waals surface area contributed by atoms with Crippen molar-refractivity contribution < 1.29 is 4.79 Å². The molecule has 3 heteroatoms. The summed E-state index contributed by atoms with van der Waals surface area (Å²) in [5.41, 5.74) is 0.483. The highest BCUT2D eigenvalue weighted by atomic mass is 16.1. The first kappa shape index (κ1) is 14.8. The van der Waals surface area contributed by atoms with Gasteiger partial charge in [0.25, 0.3) is 0 Å². The summed E-state index contributed by atoms with van der Waals surface area (Å²) in [4.78, 5) is 11.8. The number of carbonyl (C=O) groups excluding carboxylic acids is 1. The lowest BCUT2D eigenvalue weighted by atomic mass is 9.57. The van der Waals surface area contributed by atoms with Crippen molar-refractivity contribution in [2.45, 2.75) is 83.7 Å². The van der Waals surface area contributed by atoms with E-state index >= 15 is 0 Å². The van der Waals surface area contributed by atoms with Crippen LogP contribution < -0.4 is 10.6 Å². The molecule has 2 N–H and O–H groups in total. The molecule has 0 radical (unpaired) electrons. The van der Waals surface area contributed by atoms with Crippen molar-refractivity contribution in [1.29, 1.82) is 0 Å². The van der Waals surface area contributed by atoms with Gasteiger partial charge in [0.1, 0.15) is 0 Å². The van der Waals surface area contributed by atoms with Crippen LogP contribution in [-0.4, -0.2) is 24.0 Å². The second-order valence-corrected chi connectivity index (χ2v) is 7.52. The third-order valence-corrected chi connectivity index (χ3v) is 4.78. The van der Waals surface area contributed by atoms with Crippen LogP contribution in [0, 0.1) is 5.41 Å². The lowest BCUT2D eigenvalue weighted by Gasteiger charge is -2.52. The van der Waals surface area contributed by atoms with Crippen molar-refractivity contribution in [2.24, 2.45) is 5.41 Å². The van der Waals surface area contributed by atoms with E-state index in [1.54, 1.807) is 0 Å². The topological polar surface area (TPSA) is 41.1 Å². The molecule has 1 atom stereocenters. The highest BCUT2D eigenvalue weighted by Crippen LogP contribution is 2.51. The second-order valence-electron chi connectivity index (χ2n) is 7.52. The third-order valence-electron chi connectivity index (χ3n) is 4.78. The van der Waals surface area contributed by atoms with E-state index in [0.717, 1.165) is 6.54 Å². The van der Waals surface area contributed by atoms with Crippen molar-refractivity contribution in [3.63, 3.8) is 0 Å². The Labute approximate surface area is 117 Å². The van der Waals surface area contributed by atoms with E-state index in [4.69, 9.17) is 0 Å². The van der Waals surface area contributed by atoms with Crippen molar-refractivity contribution in [3.05, 3.63) is 0 Å². The fourth-order valence-corrected chi connectivity index (χ4v) is 3.71. The molecular weight excluding hydrogens is 236 g/mol. The number of nitrogens with one attached hydrogen (secondary N) is 2. The monoisotopic (exact) mass is 266 g/mol. The number of hydrogen-bond acceptors (Lipinski definition) is 2. The minimum atomic E-state index is -0.113. The van der Waals surface area contributed by atoms with Gasteiger partial charge in [0.05, 0.1) is 0 Å². The molecule has 0 aromatic heterocycles. The van der Waals surface area contributed by atoms with E-state index in [2.05, 4.69) is 10.6 Å². The lowest BCUT2D eigenvalue weighted by Crippen LogP contribution is -2.55. The zero-order chi connectivity index (χ0) is 13.9. The minimum absolute atomic E-state index is 0.113. The molecule has 0 saturated heterocycles. The Hall–Kier alpha value is -0.570.